The molecule has 34 heavy (non-hydrogen) atoms. The first-order chi connectivity index (χ1) is 15.9. The van der Waals surface area contributed by atoms with Crippen LogP contribution in [0, 0.1) is 11.6 Å². The minimum Gasteiger partial charge on any atom is -0.365 e. The first-order valence-corrected chi connectivity index (χ1v) is 11.0. The summed E-state index contributed by atoms with van der Waals surface area (Å²) in [5, 5.41) is 13.5. The van der Waals surface area contributed by atoms with Gasteiger partial charge in [-0.1, -0.05) is 0 Å². The average molecular weight is 474 g/mol. The summed E-state index contributed by atoms with van der Waals surface area (Å²) < 4.78 is 30.8. The monoisotopic (exact) mass is 473 g/mol. The summed E-state index contributed by atoms with van der Waals surface area (Å²) in [4.78, 5) is 22.8. The van der Waals surface area contributed by atoms with Crippen LogP contribution in [0.15, 0.2) is 29.2 Å². The molecule has 1 fully saturated rings. The number of aromatic nitrogens is 6. The van der Waals surface area contributed by atoms with Gasteiger partial charge in [0.05, 0.1) is 6.20 Å². The number of hydrogen-bond acceptors (Lipinski definition) is 8. The molecule has 182 valence electrons. The van der Waals surface area contributed by atoms with E-state index in [2.05, 4.69) is 70.7 Å². The zero-order chi connectivity index (χ0) is 24.8. The lowest BCUT2D eigenvalue weighted by Crippen LogP contribution is -2.61. The van der Waals surface area contributed by atoms with Gasteiger partial charge in [0.25, 0.3) is 0 Å². The molecular formula is C22H29F2N9O. The van der Waals surface area contributed by atoms with E-state index in [4.69, 9.17) is 0 Å². The highest BCUT2D eigenvalue weighted by Crippen LogP contribution is 2.38. The molecule has 0 aliphatic carbocycles. The number of benzene rings is 1. The lowest BCUT2D eigenvalue weighted by Gasteiger charge is -2.53. The van der Waals surface area contributed by atoms with Crippen LogP contribution in [0.1, 0.15) is 40.5 Å². The Bertz CT molecular complexity index is 1250. The minimum atomic E-state index is -0.650. The first kappa shape index (κ1) is 23.7. The molecule has 10 nitrogen and oxygen atoms in total. The van der Waals surface area contributed by atoms with Crippen LogP contribution in [0.25, 0.3) is 5.69 Å². The van der Waals surface area contributed by atoms with E-state index in [1.807, 2.05) is 0 Å². The molecule has 0 spiro atoms. The lowest BCUT2D eigenvalue weighted by atomic mass is 9.77. The van der Waals surface area contributed by atoms with Gasteiger partial charge in [-0.25, -0.2) is 18.6 Å². The molecule has 3 heterocycles. The van der Waals surface area contributed by atoms with Crippen molar-refractivity contribution in [2.75, 3.05) is 17.7 Å². The van der Waals surface area contributed by atoms with Crippen molar-refractivity contribution in [3.8, 4) is 5.69 Å². The summed E-state index contributed by atoms with van der Waals surface area (Å²) in [6.45, 7) is 8.67. The van der Waals surface area contributed by atoms with Crippen LogP contribution in [0.3, 0.4) is 0 Å². The number of aryl methyl sites for hydroxylation is 1. The molecule has 1 aliphatic heterocycles. The van der Waals surface area contributed by atoms with Crippen LogP contribution in [0.2, 0.25) is 0 Å². The van der Waals surface area contributed by atoms with Crippen molar-refractivity contribution in [3.05, 3.63) is 46.5 Å². The van der Waals surface area contributed by atoms with E-state index in [9.17, 15) is 13.6 Å². The Labute approximate surface area is 196 Å². The quantitative estimate of drug-likeness (QED) is 0.583. The Balaban J connectivity index is 1.57. The van der Waals surface area contributed by atoms with Gasteiger partial charge in [-0.15, -0.1) is 0 Å². The Morgan fingerprint density at radius 3 is 2.32 bits per heavy atom. The molecule has 1 aromatic carbocycles. The van der Waals surface area contributed by atoms with Gasteiger partial charge in [-0.2, -0.15) is 14.3 Å². The number of anilines is 3. The number of rotatable bonds is 5. The zero-order valence-electron chi connectivity index (χ0n) is 20.1. The summed E-state index contributed by atoms with van der Waals surface area (Å²) >= 11 is 0. The number of halogens is 2. The second-order valence-electron chi connectivity index (χ2n) is 9.91. The maximum atomic E-state index is 14.6. The van der Waals surface area contributed by atoms with Crippen molar-refractivity contribution in [1.82, 2.24) is 34.7 Å². The molecule has 0 unspecified atom stereocenters. The fraction of sp³-hybridized carbons (Fsp3) is 0.500. The summed E-state index contributed by atoms with van der Waals surface area (Å²) in [7, 11) is 3.52. The first-order valence-electron chi connectivity index (χ1n) is 11.0. The highest BCUT2D eigenvalue weighted by molar-refractivity contribution is 5.59. The van der Waals surface area contributed by atoms with Crippen molar-refractivity contribution in [2.45, 2.75) is 57.7 Å². The zero-order valence-corrected chi connectivity index (χ0v) is 20.1. The summed E-state index contributed by atoms with van der Waals surface area (Å²) in [6, 6.07) is 4.04. The molecule has 4 rings (SSSR count). The summed E-state index contributed by atoms with van der Waals surface area (Å²) in [5.74, 6) is -1.00. The maximum absolute atomic E-state index is 14.6. The highest BCUT2D eigenvalue weighted by atomic mass is 19.1. The van der Waals surface area contributed by atoms with Gasteiger partial charge in [0.1, 0.15) is 11.5 Å². The fourth-order valence-electron chi connectivity index (χ4n) is 4.54. The predicted molar refractivity (Wildman–Crippen MR) is 124 cm³/mol. The Kier molecular flexibility index (Phi) is 5.88. The Morgan fingerprint density at radius 2 is 1.71 bits per heavy atom. The normalized spacial score (nSPS) is 18.1. The second-order valence-corrected chi connectivity index (χ2v) is 9.91. The van der Waals surface area contributed by atoms with Gasteiger partial charge in [0.2, 0.25) is 5.95 Å². The third-order valence-electron chi connectivity index (χ3n) is 6.54. The molecule has 1 saturated heterocycles. The summed E-state index contributed by atoms with van der Waals surface area (Å²) in [6.07, 6.45) is 2.71. The van der Waals surface area contributed by atoms with Crippen LogP contribution >= 0.6 is 0 Å². The van der Waals surface area contributed by atoms with Gasteiger partial charge in [0.15, 0.2) is 11.6 Å². The average Bonchev–Trinajstić information content (AvgIpc) is 3.08. The predicted octanol–water partition coefficient (Wildman–Crippen LogP) is 2.84. The van der Waals surface area contributed by atoms with Crippen LogP contribution in [0.5, 0.6) is 0 Å². The maximum Gasteiger partial charge on any atom is 0.368 e. The van der Waals surface area contributed by atoms with Gasteiger partial charge < -0.3 is 10.6 Å². The molecule has 0 bridgehead atoms. The van der Waals surface area contributed by atoms with E-state index >= 15 is 0 Å². The van der Waals surface area contributed by atoms with Gasteiger partial charge in [-0.05, 0) is 76.2 Å². The molecule has 2 N–H and O–H groups in total. The highest BCUT2D eigenvalue weighted by Gasteiger charge is 2.43. The third kappa shape index (κ3) is 4.49. The largest absolute Gasteiger partial charge is 0.368 e. The van der Waals surface area contributed by atoms with E-state index < -0.39 is 17.3 Å². The Morgan fingerprint density at radius 1 is 1.03 bits per heavy atom. The number of likely N-dealkylation sites (tertiary alicyclic amines) is 1. The second kappa shape index (κ2) is 8.42. The topological polar surface area (TPSA) is 106 Å². The molecule has 1 aliphatic rings. The number of tetrazole rings is 1. The third-order valence-corrected chi connectivity index (χ3v) is 6.54. The van der Waals surface area contributed by atoms with E-state index in [1.54, 1.807) is 0 Å². The van der Waals surface area contributed by atoms with Crippen molar-refractivity contribution in [2.24, 2.45) is 7.05 Å². The van der Waals surface area contributed by atoms with Crippen LogP contribution < -0.4 is 16.3 Å². The van der Waals surface area contributed by atoms with Crippen LogP contribution in [-0.2, 0) is 7.05 Å². The fourth-order valence-corrected chi connectivity index (χ4v) is 4.54. The molecule has 12 heteroatoms. The van der Waals surface area contributed by atoms with Crippen molar-refractivity contribution < 1.29 is 8.78 Å². The smallest absolute Gasteiger partial charge is 0.365 e. The molecule has 2 aromatic heterocycles. The van der Waals surface area contributed by atoms with Crippen LogP contribution in [-0.4, -0.2) is 58.8 Å². The lowest BCUT2D eigenvalue weighted by molar-refractivity contribution is -0.00778. The molecular weight excluding hydrogens is 444 g/mol. The standard InChI is InChI=1S/C22H29F2N9O/c1-21(2)10-14(11-22(3,4)32(21)6)26-18-16(24)12-25-19(28-18)27-13-7-8-15(23)17(9-13)33-20(34)31(5)29-30-33/h7-9,12,14H,10-11H2,1-6H3,(H2,25,26,27,28). The summed E-state index contributed by atoms with van der Waals surface area (Å²) in [5.41, 5.74) is -0.434. The SMILES string of the molecule is CN1C(C)(C)CC(Nc2nc(Nc3ccc(F)c(-n4nnn(C)c4=O)c3)ncc2F)CC1(C)C. The molecule has 0 radical (unpaired) electrons. The van der Waals surface area contributed by atoms with E-state index in [-0.39, 0.29) is 34.6 Å². The minimum absolute atomic E-state index is 0.0133. The van der Waals surface area contributed by atoms with E-state index in [0.717, 1.165) is 28.4 Å². The van der Waals surface area contributed by atoms with Gasteiger partial charge in [-0.3, -0.25) is 4.90 Å². The van der Waals surface area contributed by atoms with E-state index in [1.165, 1.54) is 25.2 Å². The van der Waals surface area contributed by atoms with Crippen molar-refractivity contribution in [3.63, 3.8) is 0 Å². The van der Waals surface area contributed by atoms with E-state index in [0.29, 0.717) is 5.69 Å². The van der Waals surface area contributed by atoms with Gasteiger partial charge in [0, 0.05) is 29.9 Å². The molecule has 0 atom stereocenters. The number of nitrogens with one attached hydrogen (secondary N) is 2. The number of piperidine rings is 1. The van der Waals surface area contributed by atoms with Crippen molar-refractivity contribution >= 4 is 17.5 Å². The molecule has 0 saturated carbocycles. The Hall–Kier alpha value is -3.41. The number of hydrogen-bond donors (Lipinski definition) is 2. The van der Waals surface area contributed by atoms with Gasteiger partial charge >= 0.3 is 5.69 Å². The number of nitrogens with zero attached hydrogens (tertiary/aromatic N) is 7. The molecule has 0 amide bonds. The van der Waals surface area contributed by atoms with Crippen molar-refractivity contribution in [1.29, 1.82) is 0 Å². The van der Waals surface area contributed by atoms with Crippen LogP contribution in [0.4, 0.5) is 26.2 Å². The molecule has 3 aromatic rings.